The van der Waals surface area contributed by atoms with Gasteiger partial charge in [0.25, 0.3) is 11.8 Å². The number of carbonyl (C=O) groups is 6. The highest BCUT2D eigenvalue weighted by Gasteiger charge is 2.47. The van der Waals surface area contributed by atoms with Gasteiger partial charge in [-0.1, -0.05) is 135 Å². The van der Waals surface area contributed by atoms with Gasteiger partial charge in [-0.3, -0.25) is 9.59 Å². The number of nitrogen functional groups attached to an aromatic ring is 1. The van der Waals surface area contributed by atoms with E-state index in [9.17, 15) is 39.0 Å². The van der Waals surface area contributed by atoms with E-state index in [0.717, 1.165) is 70.1 Å². The monoisotopic (exact) mass is 1310 g/mol. The van der Waals surface area contributed by atoms with Crippen LogP contribution in [0.1, 0.15) is 145 Å². The number of amides is 2. The van der Waals surface area contributed by atoms with Crippen molar-refractivity contribution < 1.29 is 57.2 Å². The van der Waals surface area contributed by atoms with Crippen LogP contribution in [0, 0.1) is 11.8 Å². The number of methoxy groups -OCH3 is 2. The van der Waals surface area contributed by atoms with Crippen LogP contribution in [0.5, 0.6) is 0 Å². The summed E-state index contributed by atoms with van der Waals surface area (Å²) in [5.41, 5.74) is 7.69. The minimum absolute atomic E-state index is 0.0636. The molecule has 8 aromatic rings. The Kier molecular flexibility index (Phi) is 24.6. The molecule has 20 heteroatoms. The van der Waals surface area contributed by atoms with Crippen molar-refractivity contribution in [2.24, 2.45) is 11.8 Å². The minimum Gasteiger partial charge on any atom is -0.477 e. The van der Waals surface area contributed by atoms with Gasteiger partial charge in [-0.2, -0.15) is 0 Å². The summed E-state index contributed by atoms with van der Waals surface area (Å²) < 4.78 is 40.6. The maximum atomic E-state index is 15.6. The number of aromatic carboxylic acids is 2. The summed E-state index contributed by atoms with van der Waals surface area (Å²) >= 11 is 5.02. The molecule has 0 bridgehead atoms. The summed E-state index contributed by atoms with van der Waals surface area (Å²) in [4.78, 5) is 80.9. The number of carbonyl (C=O) groups excluding carboxylic acids is 4. The number of benzene rings is 4. The summed E-state index contributed by atoms with van der Waals surface area (Å²) in [5, 5.41) is 22.7. The molecule has 2 aliphatic carbocycles. The lowest BCUT2D eigenvalue weighted by Gasteiger charge is -2.37. The fraction of sp³-hybridized carbons (Fsp3) is 0.352. The van der Waals surface area contributed by atoms with E-state index in [-0.39, 0.29) is 76.9 Å². The van der Waals surface area contributed by atoms with Gasteiger partial charge in [0.2, 0.25) is 0 Å². The van der Waals surface area contributed by atoms with Gasteiger partial charge in [0.1, 0.15) is 19.5 Å². The number of nitrogens with zero attached hydrogens (tertiary/aromatic N) is 2. The molecule has 482 valence electrons. The number of nitrogens with one attached hydrogen (secondary N) is 1. The highest BCUT2D eigenvalue weighted by Crippen LogP contribution is 2.45. The van der Waals surface area contributed by atoms with Crippen molar-refractivity contribution in [3.8, 4) is 41.8 Å². The SMILES string of the molecule is CC1CCC(F)(C(=O)N(c2cc(-c3ccccc3)sc2C(=O)O)C(C)C)CC1.CC1CCC(F)(C(=O)N(c2cc(-c3ccccc3)sc2C(=O)O)C(C)C)CC1.COC(=O)c1sc(-c2ccccc2)cc1N.COC(=O)c1sc(-c2ccccc2)cc1NC(C)C. The number of halogens is 2. The molecule has 10 rings (SSSR count). The fourth-order valence-electron chi connectivity index (χ4n) is 10.7. The lowest BCUT2D eigenvalue weighted by molar-refractivity contribution is -0.133. The minimum atomic E-state index is -1.93. The average molecular weight is 1320 g/mol. The molecule has 2 amide bonds. The van der Waals surface area contributed by atoms with Crippen LogP contribution in [0.15, 0.2) is 146 Å². The van der Waals surface area contributed by atoms with Crippen LogP contribution in [-0.4, -0.2) is 89.6 Å². The van der Waals surface area contributed by atoms with Crippen LogP contribution in [0.25, 0.3) is 41.8 Å². The molecule has 4 aromatic heterocycles. The first-order valence-electron chi connectivity index (χ1n) is 30.3. The quantitative estimate of drug-likeness (QED) is 0.0667. The van der Waals surface area contributed by atoms with Crippen molar-refractivity contribution in [1.29, 1.82) is 0 Å². The van der Waals surface area contributed by atoms with Crippen molar-refractivity contribution in [1.82, 2.24) is 0 Å². The molecule has 4 aromatic carbocycles. The van der Waals surface area contributed by atoms with E-state index >= 15 is 8.78 Å². The Morgan fingerprint density at radius 2 is 0.791 bits per heavy atom. The third kappa shape index (κ3) is 17.7. The highest BCUT2D eigenvalue weighted by atomic mass is 32.1. The molecular formula is C71H80F2N4O10S4. The van der Waals surface area contributed by atoms with Crippen molar-refractivity contribution >= 4 is 104 Å². The van der Waals surface area contributed by atoms with Crippen LogP contribution in [-0.2, 0) is 19.1 Å². The molecule has 0 aliphatic heterocycles. The number of thiophene rings is 4. The van der Waals surface area contributed by atoms with Gasteiger partial charge in [0.05, 0.1) is 37.0 Å². The number of esters is 2. The molecule has 0 spiro atoms. The Morgan fingerprint density at radius 3 is 1.10 bits per heavy atom. The molecule has 0 atom stereocenters. The molecule has 91 heavy (non-hydrogen) atoms. The summed E-state index contributed by atoms with van der Waals surface area (Å²) in [6, 6.07) is 45.4. The lowest BCUT2D eigenvalue weighted by Crippen LogP contribution is -2.51. The van der Waals surface area contributed by atoms with Crippen LogP contribution in [0.4, 0.5) is 31.5 Å². The number of hydrogen-bond acceptors (Lipinski definition) is 14. The Hall–Kier alpha value is -8.04. The van der Waals surface area contributed by atoms with Gasteiger partial charge < -0.3 is 40.5 Å². The number of anilines is 4. The Labute approximate surface area is 547 Å². The van der Waals surface area contributed by atoms with E-state index < -0.39 is 35.1 Å². The van der Waals surface area contributed by atoms with E-state index in [2.05, 4.69) is 23.9 Å². The molecule has 0 saturated heterocycles. The van der Waals surface area contributed by atoms with E-state index in [4.69, 9.17) is 10.5 Å². The number of carboxylic acids is 2. The summed E-state index contributed by atoms with van der Waals surface area (Å²) in [6.45, 7) is 15.4. The van der Waals surface area contributed by atoms with Crippen molar-refractivity contribution in [2.45, 2.75) is 136 Å². The molecule has 2 fully saturated rings. The lowest BCUT2D eigenvalue weighted by atomic mass is 9.80. The van der Waals surface area contributed by atoms with Crippen molar-refractivity contribution in [2.75, 3.05) is 35.1 Å². The summed E-state index contributed by atoms with van der Waals surface area (Å²) in [6.07, 6.45) is 3.42. The van der Waals surface area contributed by atoms with E-state index in [1.54, 1.807) is 45.9 Å². The number of rotatable bonds is 16. The maximum Gasteiger partial charge on any atom is 0.350 e. The van der Waals surface area contributed by atoms with Crippen LogP contribution < -0.4 is 20.9 Å². The zero-order chi connectivity index (χ0) is 66.3. The number of hydrogen-bond donors (Lipinski definition) is 4. The predicted octanol–water partition coefficient (Wildman–Crippen LogP) is 18.4. The second-order valence-corrected chi connectivity index (χ2v) is 27.8. The van der Waals surface area contributed by atoms with Gasteiger partial charge >= 0.3 is 23.9 Å². The second-order valence-electron chi connectivity index (χ2n) is 23.6. The second kappa shape index (κ2) is 31.8. The van der Waals surface area contributed by atoms with Gasteiger partial charge in [-0.25, -0.2) is 28.0 Å². The van der Waals surface area contributed by atoms with Crippen molar-refractivity contribution in [3.63, 3.8) is 0 Å². The van der Waals surface area contributed by atoms with Crippen LogP contribution in [0.3, 0.4) is 0 Å². The molecule has 5 N–H and O–H groups in total. The Bertz CT molecular complexity index is 3590. The number of alkyl halides is 2. The third-order valence-corrected chi connectivity index (χ3v) is 20.3. The maximum absolute atomic E-state index is 15.6. The standard InChI is InChI=1S/2C22H26FNO3S.C15H17NO2S.C12H11NO2S/c2*1-14(2)24(21(27)22(23)11-9-15(3)10-12-22)17-13-18(28-19(17)20(25)26)16-7-5-4-6-8-16;1-10(2)16-12-9-13(11-7-5-4-6-8-11)19-14(12)15(17)18-3;1-15-12(14)11-9(13)7-10(16-11)8-5-3-2-4-6-8/h2*4-8,13-15H,9-12H2,1-3H3,(H,25,26);4-10,16H,1-3H3;2-7H,13H2,1H3. The fourth-order valence-corrected chi connectivity index (χ4v) is 14.7. The normalized spacial score (nSPS) is 17.7. The largest absolute Gasteiger partial charge is 0.477 e. The molecule has 0 radical (unpaired) electrons. The summed E-state index contributed by atoms with van der Waals surface area (Å²) in [5.74, 6) is -3.31. The van der Waals surface area contributed by atoms with E-state index in [1.165, 1.54) is 46.7 Å². The predicted molar refractivity (Wildman–Crippen MR) is 367 cm³/mol. The van der Waals surface area contributed by atoms with Gasteiger partial charge in [0, 0.05) is 37.6 Å². The van der Waals surface area contributed by atoms with E-state index in [1.807, 2.05) is 141 Å². The molecule has 14 nitrogen and oxygen atoms in total. The summed E-state index contributed by atoms with van der Waals surface area (Å²) in [7, 11) is 2.76. The first-order chi connectivity index (χ1) is 43.3. The molecule has 4 heterocycles. The third-order valence-electron chi connectivity index (χ3n) is 15.6. The topological polar surface area (TPSA) is 206 Å². The van der Waals surface area contributed by atoms with E-state index in [0.29, 0.717) is 53.0 Å². The molecule has 2 aliphatic rings. The molecule has 0 unspecified atom stereocenters. The number of ether oxygens (including phenoxy) is 2. The average Bonchev–Trinajstić information content (AvgIpc) is 2.19. The van der Waals surface area contributed by atoms with Crippen LogP contribution >= 0.6 is 45.3 Å². The zero-order valence-electron chi connectivity index (χ0n) is 52.9. The zero-order valence-corrected chi connectivity index (χ0v) is 56.2. The Balaban J connectivity index is 0.000000177. The molecular weight excluding hydrogens is 1240 g/mol. The Morgan fingerprint density at radius 1 is 0.495 bits per heavy atom. The van der Waals surface area contributed by atoms with Gasteiger partial charge in [-0.05, 0) is 151 Å². The smallest absolute Gasteiger partial charge is 0.350 e. The highest BCUT2D eigenvalue weighted by molar-refractivity contribution is 7.19. The number of carboxylic acid groups (broad SMARTS) is 2. The first-order valence-corrected chi connectivity index (χ1v) is 33.5. The first kappa shape index (κ1) is 70.4. The van der Waals surface area contributed by atoms with Crippen LogP contribution in [0.2, 0.25) is 0 Å². The molecule has 2 saturated carbocycles. The van der Waals surface area contributed by atoms with Gasteiger partial charge in [0.15, 0.2) is 11.3 Å². The van der Waals surface area contributed by atoms with Crippen molar-refractivity contribution in [3.05, 3.63) is 165 Å². The number of nitrogens with two attached hydrogens (primary N) is 1. The van der Waals surface area contributed by atoms with Gasteiger partial charge in [-0.15, -0.1) is 45.3 Å².